The molecule has 0 fully saturated rings. The molecule has 0 heterocycles. The first kappa shape index (κ1) is 15.8. The Morgan fingerprint density at radius 2 is 1.90 bits per heavy atom. The van der Waals surface area contributed by atoms with Crippen LogP contribution in [0.5, 0.6) is 11.5 Å². The fourth-order valence-corrected chi connectivity index (χ4v) is 2.70. The third kappa shape index (κ3) is 3.75. The van der Waals surface area contributed by atoms with Crippen molar-refractivity contribution in [2.45, 2.75) is 12.5 Å². The number of hydrazine groups is 1. The van der Waals surface area contributed by atoms with Crippen molar-refractivity contribution < 1.29 is 9.47 Å². The van der Waals surface area contributed by atoms with Gasteiger partial charge in [-0.1, -0.05) is 40.2 Å². The van der Waals surface area contributed by atoms with Crippen molar-refractivity contribution in [1.29, 1.82) is 0 Å². The van der Waals surface area contributed by atoms with Gasteiger partial charge in [-0.25, -0.2) is 0 Å². The Morgan fingerprint density at radius 3 is 2.52 bits per heavy atom. The molecule has 2 aromatic rings. The summed E-state index contributed by atoms with van der Waals surface area (Å²) in [6.45, 7) is 0. The monoisotopic (exact) mass is 350 g/mol. The Kier molecular flexibility index (Phi) is 5.61. The van der Waals surface area contributed by atoms with E-state index >= 15 is 0 Å². The van der Waals surface area contributed by atoms with Crippen LogP contribution >= 0.6 is 15.9 Å². The number of rotatable bonds is 6. The van der Waals surface area contributed by atoms with Crippen LogP contribution in [0.4, 0.5) is 0 Å². The number of halogens is 1. The van der Waals surface area contributed by atoms with Gasteiger partial charge in [-0.15, -0.1) is 0 Å². The molecule has 0 aliphatic carbocycles. The van der Waals surface area contributed by atoms with Crippen molar-refractivity contribution in [1.82, 2.24) is 5.43 Å². The van der Waals surface area contributed by atoms with E-state index in [1.165, 1.54) is 5.56 Å². The molecular weight excluding hydrogens is 332 g/mol. The van der Waals surface area contributed by atoms with E-state index in [2.05, 4.69) is 27.4 Å². The van der Waals surface area contributed by atoms with Crippen LogP contribution in [0.15, 0.2) is 46.9 Å². The first-order valence-corrected chi connectivity index (χ1v) is 7.40. The highest BCUT2D eigenvalue weighted by Crippen LogP contribution is 2.32. The van der Waals surface area contributed by atoms with Gasteiger partial charge in [0.05, 0.1) is 20.3 Å². The van der Waals surface area contributed by atoms with Crippen LogP contribution in [-0.4, -0.2) is 14.2 Å². The number of hydrogen-bond donors (Lipinski definition) is 2. The molecule has 2 rings (SSSR count). The second-order valence-electron chi connectivity index (χ2n) is 4.62. The van der Waals surface area contributed by atoms with Gasteiger partial charge in [0.2, 0.25) is 0 Å². The van der Waals surface area contributed by atoms with Gasteiger partial charge in [0.15, 0.2) is 0 Å². The van der Waals surface area contributed by atoms with Gasteiger partial charge in [0.1, 0.15) is 11.5 Å². The Balaban J connectivity index is 2.31. The topological polar surface area (TPSA) is 56.5 Å². The van der Waals surface area contributed by atoms with Gasteiger partial charge >= 0.3 is 0 Å². The summed E-state index contributed by atoms with van der Waals surface area (Å²) in [7, 11) is 3.28. The Labute approximate surface area is 133 Å². The lowest BCUT2D eigenvalue weighted by atomic mass is 9.98. The fraction of sp³-hybridized carbons (Fsp3) is 0.250. The molecule has 0 spiro atoms. The highest BCUT2D eigenvalue weighted by atomic mass is 79.9. The maximum absolute atomic E-state index is 5.74. The lowest BCUT2D eigenvalue weighted by Gasteiger charge is -2.20. The number of ether oxygens (including phenoxy) is 2. The molecule has 1 unspecified atom stereocenters. The molecule has 0 aromatic heterocycles. The molecule has 0 saturated carbocycles. The highest BCUT2D eigenvalue weighted by Gasteiger charge is 2.17. The second-order valence-corrected chi connectivity index (χ2v) is 5.48. The van der Waals surface area contributed by atoms with E-state index < -0.39 is 0 Å². The smallest absolute Gasteiger partial charge is 0.127 e. The zero-order valence-electron chi connectivity index (χ0n) is 12.1. The van der Waals surface area contributed by atoms with Crippen LogP contribution in [0.3, 0.4) is 0 Å². The molecule has 0 bridgehead atoms. The van der Waals surface area contributed by atoms with Crippen LogP contribution in [0.2, 0.25) is 0 Å². The molecule has 0 saturated heterocycles. The quantitative estimate of drug-likeness (QED) is 0.620. The average Bonchev–Trinajstić information content (AvgIpc) is 2.53. The molecule has 1 atom stereocenters. The van der Waals surface area contributed by atoms with Crippen molar-refractivity contribution in [2.75, 3.05) is 14.2 Å². The first-order valence-electron chi connectivity index (χ1n) is 6.61. The van der Waals surface area contributed by atoms with Crippen LogP contribution in [0.25, 0.3) is 0 Å². The van der Waals surface area contributed by atoms with E-state index in [0.29, 0.717) is 0 Å². The molecule has 0 aliphatic heterocycles. The Hall–Kier alpha value is -1.56. The van der Waals surface area contributed by atoms with Crippen molar-refractivity contribution in [3.05, 3.63) is 58.1 Å². The number of nitrogens with two attached hydrogens (primary N) is 1. The fourth-order valence-electron chi connectivity index (χ4n) is 2.25. The summed E-state index contributed by atoms with van der Waals surface area (Å²) in [5.41, 5.74) is 5.04. The van der Waals surface area contributed by atoms with Crippen LogP contribution in [-0.2, 0) is 6.42 Å². The predicted molar refractivity (Wildman–Crippen MR) is 87.5 cm³/mol. The third-order valence-corrected chi connectivity index (χ3v) is 4.17. The average molecular weight is 351 g/mol. The number of hydrogen-bond acceptors (Lipinski definition) is 4. The van der Waals surface area contributed by atoms with Crippen molar-refractivity contribution in [3.8, 4) is 11.5 Å². The highest BCUT2D eigenvalue weighted by molar-refractivity contribution is 9.10. The summed E-state index contributed by atoms with van der Waals surface area (Å²) >= 11 is 3.57. The van der Waals surface area contributed by atoms with Crippen molar-refractivity contribution in [2.24, 2.45) is 5.84 Å². The van der Waals surface area contributed by atoms with Gasteiger partial charge < -0.3 is 9.47 Å². The summed E-state index contributed by atoms with van der Waals surface area (Å²) in [4.78, 5) is 0. The minimum Gasteiger partial charge on any atom is -0.497 e. The molecule has 5 heteroatoms. The molecule has 21 heavy (non-hydrogen) atoms. The van der Waals surface area contributed by atoms with Gasteiger partial charge in [0, 0.05) is 16.1 Å². The van der Waals surface area contributed by atoms with Gasteiger partial charge in [-0.2, -0.15) is 0 Å². The summed E-state index contributed by atoms with van der Waals surface area (Å²) in [6, 6.07) is 13.8. The molecule has 0 amide bonds. The SMILES string of the molecule is COc1ccc(C(Cc2ccccc2Br)NN)c(OC)c1. The lowest BCUT2D eigenvalue weighted by Crippen LogP contribution is -2.30. The number of benzene rings is 2. The predicted octanol–water partition coefficient (Wildman–Crippen LogP) is 3.21. The Morgan fingerprint density at radius 1 is 1.14 bits per heavy atom. The second kappa shape index (κ2) is 7.45. The molecule has 2 aromatic carbocycles. The van der Waals surface area contributed by atoms with E-state index in [0.717, 1.165) is 28.0 Å². The normalized spacial score (nSPS) is 12.0. The van der Waals surface area contributed by atoms with Gasteiger partial charge in [-0.05, 0) is 24.1 Å². The van der Waals surface area contributed by atoms with Gasteiger partial charge in [-0.3, -0.25) is 11.3 Å². The van der Waals surface area contributed by atoms with Gasteiger partial charge in [0.25, 0.3) is 0 Å². The summed E-state index contributed by atoms with van der Waals surface area (Å²) < 4.78 is 11.7. The molecule has 4 nitrogen and oxygen atoms in total. The van der Waals surface area contributed by atoms with E-state index in [-0.39, 0.29) is 6.04 Å². The maximum Gasteiger partial charge on any atom is 0.127 e. The first-order chi connectivity index (χ1) is 10.2. The standard InChI is InChI=1S/C16H19BrN2O2/c1-20-12-7-8-13(16(10-12)21-2)15(19-18)9-11-5-3-4-6-14(11)17/h3-8,10,15,19H,9,18H2,1-2H3. The molecule has 0 aliphatic rings. The van der Waals surface area contributed by atoms with Crippen LogP contribution in [0.1, 0.15) is 17.2 Å². The van der Waals surface area contributed by atoms with E-state index in [1.807, 2.05) is 36.4 Å². The largest absolute Gasteiger partial charge is 0.497 e. The number of methoxy groups -OCH3 is 2. The summed E-state index contributed by atoms with van der Waals surface area (Å²) in [5, 5.41) is 0. The van der Waals surface area contributed by atoms with E-state index in [1.54, 1.807) is 14.2 Å². The Bertz CT molecular complexity index is 605. The summed E-state index contributed by atoms with van der Waals surface area (Å²) in [5.74, 6) is 7.26. The third-order valence-electron chi connectivity index (χ3n) is 3.40. The maximum atomic E-state index is 5.74. The zero-order chi connectivity index (χ0) is 15.2. The lowest BCUT2D eigenvalue weighted by molar-refractivity contribution is 0.384. The van der Waals surface area contributed by atoms with Crippen LogP contribution < -0.4 is 20.7 Å². The molecule has 112 valence electrons. The minimum absolute atomic E-state index is 0.0513. The van der Waals surface area contributed by atoms with Crippen LogP contribution in [0, 0.1) is 0 Å². The van der Waals surface area contributed by atoms with E-state index in [4.69, 9.17) is 15.3 Å². The zero-order valence-corrected chi connectivity index (χ0v) is 13.7. The molecule has 0 radical (unpaired) electrons. The molecular formula is C16H19BrN2O2. The minimum atomic E-state index is -0.0513. The van der Waals surface area contributed by atoms with E-state index in [9.17, 15) is 0 Å². The van der Waals surface area contributed by atoms with Crippen molar-refractivity contribution in [3.63, 3.8) is 0 Å². The number of nitrogens with one attached hydrogen (secondary N) is 1. The van der Waals surface area contributed by atoms with Crippen molar-refractivity contribution >= 4 is 15.9 Å². The summed E-state index contributed by atoms with van der Waals surface area (Å²) in [6.07, 6.45) is 0.751. The molecule has 3 N–H and O–H groups in total.